The van der Waals surface area contributed by atoms with Gasteiger partial charge >= 0.3 is 6.09 Å². The Morgan fingerprint density at radius 1 is 1.13 bits per heavy atom. The van der Waals surface area contributed by atoms with Crippen LogP contribution < -0.4 is 5.32 Å². The molecule has 1 aromatic carbocycles. The van der Waals surface area contributed by atoms with Crippen LogP contribution >= 0.6 is 0 Å². The Kier molecular flexibility index (Phi) is 6.96. The van der Waals surface area contributed by atoms with E-state index in [1.165, 1.54) is 0 Å². The SMILES string of the molecule is Cn1ccc2c(-c3ccc(Nc4ccc(CCS(=O)O)cn4)c4c3CN(C(=O)OC(C)(C)C)C4=O)ccnc21. The average molecular weight is 548 g/mol. The number of amides is 2. The number of nitrogens with one attached hydrogen (secondary N) is 1. The van der Waals surface area contributed by atoms with Gasteiger partial charge in [-0.1, -0.05) is 12.1 Å². The van der Waals surface area contributed by atoms with Gasteiger partial charge in [0.15, 0.2) is 11.1 Å². The predicted molar refractivity (Wildman–Crippen MR) is 149 cm³/mol. The van der Waals surface area contributed by atoms with E-state index in [1.54, 1.807) is 39.2 Å². The van der Waals surface area contributed by atoms with Crippen molar-refractivity contribution in [1.82, 2.24) is 19.4 Å². The lowest BCUT2D eigenvalue weighted by molar-refractivity contribution is 0.0248. The van der Waals surface area contributed by atoms with Crippen LogP contribution in [0.1, 0.15) is 42.3 Å². The maximum Gasteiger partial charge on any atom is 0.417 e. The monoisotopic (exact) mass is 547 g/mol. The van der Waals surface area contributed by atoms with Gasteiger partial charge in [-0.3, -0.25) is 4.79 Å². The second-order valence-corrected chi connectivity index (χ2v) is 11.4. The van der Waals surface area contributed by atoms with Crippen molar-refractivity contribution in [2.24, 2.45) is 7.05 Å². The molecular formula is C28H29N5O5S. The number of carbonyl (C=O) groups is 2. The first-order chi connectivity index (χ1) is 18.5. The predicted octanol–water partition coefficient (Wildman–Crippen LogP) is 5.03. The summed E-state index contributed by atoms with van der Waals surface area (Å²) in [6, 6.07) is 11.2. The lowest BCUT2D eigenvalue weighted by Gasteiger charge is -2.23. The van der Waals surface area contributed by atoms with E-state index in [9.17, 15) is 13.8 Å². The van der Waals surface area contributed by atoms with E-state index in [-0.39, 0.29) is 12.3 Å². The van der Waals surface area contributed by atoms with Crippen LogP contribution in [0, 0.1) is 0 Å². The average Bonchev–Trinajstić information content (AvgIpc) is 3.43. The third kappa shape index (κ3) is 5.41. The number of anilines is 2. The summed E-state index contributed by atoms with van der Waals surface area (Å²) in [5.41, 5.74) is 4.20. The van der Waals surface area contributed by atoms with E-state index >= 15 is 0 Å². The van der Waals surface area contributed by atoms with Gasteiger partial charge in [0.05, 0.1) is 23.5 Å². The van der Waals surface area contributed by atoms with Gasteiger partial charge in [0.1, 0.15) is 17.1 Å². The van der Waals surface area contributed by atoms with Crippen molar-refractivity contribution in [3.63, 3.8) is 0 Å². The summed E-state index contributed by atoms with van der Waals surface area (Å²) in [5, 5.41) is 4.16. The van der Waals surface area contributed by atoms with Crippen molar-refractivity contribution in [2.45, 2.75) is 39.3 Å². The molecule has 0 bridgehead atoms. The zero-order valence-corrected chi connectivity index (χ0v) is 22.9. The van der Waals surface area contributed by atoms with E-state index in [0.717, 1.165) is 32.6 Å². The number of carbonyl (C=O) groups excluding carboxylic acids is 2. The Labute approximate surface area is 228 Å². The number of rotatable bonds is 6. The first-order valence-corrected chi connectivity index (χ1v) is 13.7. The number of hydrogen-bond donors (Lipinski definition) is 2. The highest BCUT2D eigenvalue weighted by Crippen LogP contribution is 2.40. The summed E-state index contributed by atoms with van der Waals surface area (Å²) < 4.78 is 27.5. The second kappa shape index (κ2) is 10.2. The minimum absolute atomic E-state index is 0.0647. The first-order valence-electron chi connectivity index (χ1n) is 12.4. The number of nitrogens with zero attached hydrogens (tertiary/aromatic N) is 4. The van der Waals surface area contributed by atoms with Crippen LogP contribution in [-0.2, 0) is 35.8 Å². The highest BCUT2D eigenvalue weighted by Gasteiger charge is 2.38. The van der Waals surface area contributed by atoms with Crippen molar-refractivity contribution in [3.05, 3.63) is 71.7 Å². The molecule has 0 spiro atoms. The topological polar surface area (TPSA) is 127 Å². The fourth-order valence-electron chi connectivity index (χ4n) is 4.63. The summed E-state index contributed by atoms with van der Waals surface area (Å²) in [6.45, 7) is 5.34. The number of aryl methyl sites for hydroxylation is 2. The number of imide groups is 1. The van der Waals surface area contributed by atoms with Crippen LogP contribution in [0.15, 0.2) is 55.0 Å². The molecule has 11 heteroatoms. The number of aromatic nitrogens is 3. The number of pyridine rings is 2. The second-order valence-electron chi connectivity index (χ2n) is 10.4. The van der Waals surface area contributed by atoms with Gasteiger partial charge in [0.2, 0.25) is 0 Å². The van der Waals surface area contributed by atoms with E-state index in [2.05, 4.69) is 15.3 Å². The number of ether oxygens (including phenoxy) is 1. The highest BCUT2D eigenvalue weighted by molar-refractivity contribution is 7.79. The third-order valence-corrected chi connectivity index (χ3v) is 6.97. The molecule has 39 heavy (non-hydrogen) atoms. The Morgan fingerprint density at radius 2 is 1.92 bits per heavy atom. The van der Waals surface area contributed by atoms with Crippen molar-refractivity contribution in [1.29, 1.82) is 0 Å². The minimum Gasteiger partial charge on any atom is -0.443 e. The van der Waals surface area contributed by atoms with Gasteiger partial charge < -0.3 is 19.2 Å². The molecule has 1 aliphatic heterocycles. The highest BCUT2D eigenvalue weighted by atomic mass is 32.2. The molecule has 4 heterocycles. The standard InChI is InChI=1S/C28H29N5O5S/c1-28(2,3)38-27(35)33-16-21-18(19-9-12-29-25-20(19)10-13-32(25)4)6-7-22(24(21)26(33)34)31-23-8-5-17(15-30-23)11-14-39(36)37/h5-10,12-13,15H,11,14,16H2,1-4H3,(H,30,31)(H,36,37). The molecule has 4 aromatic rings. The Hall–Kier alpha value is -4.09. The van der Waals surface area contributed by atoms with Gasteiger partial charge in [0, 0.05) is 31.0 Å². The fourth-order valence-corrected chi connectivity index (χ4v) is 5.04. The Morgan fingerprint density at radius 3 is 2.62 bits per heavy atom. The first kappa shape index (κ1) is 26.5. The summed E-state index contributed by atoms with van der Waals surface area (Å²) in [4.78, 5) is 36.7. The largest absolute Gasteiger partial charge is 0.443 e. The fraction of sp³-hybridized carbons (Fsp3) is 0.286. The summed E-state index contributed by atoms with van der Waals surface area (Å²) in [5.74, 6) is 0.169. The van der Waals surface area contributed by atoms with E-state index < -0.39 is 28.7 Å². The van der Waals surface area contributed by atoms with Gasteiger partial charge in [-0.25, -0.2) is 23.9 Å². The van der Waals surface area contributed by atoms with Crippen LogP contribution in [0.2, 0.25) is 0 Å². The summed E-state index contributed by atoms with van der Waals surface area (Å²) >= 11 is -1.88. The van der Waals surface area contributed by atoms with Gasteiger partial charge in [-0.05, 0) is 73.7 Å². The lowest BCUT2D eigenvalue weighted by Crippen LogP contribution is -2.37. The van der Waals surface area contributed by atoms with Gasteiger partial charge in [-0.2, -0.15) is 0 Å². The Balaban J connectivity index is 1.55. The summed E-state index contributed by atoms with van der Waals surface area (Å²) in [7, 11) is 1.92. The molecule has 1 aliphatic rings. The molecule has 0 radical (unpaired) electrons. The zero-order chi connectivity index (χ0) is 27.9. The molecule has 1 atom stereocenters. The quantitative estimate of drug-likeness (QED) is 0.322. The number of fused-ring (bicyclic) bond motifs is 2. The third-order valence-electron chi connectivity index (χ3n) is 6.41. The molecule has 3 aromatic heterocycles. The molecule has 1 unspecified atom stereocenters. The molecular weight excluding hydrogens is 518 g/mol. The number of benzene rings is 1. The molecule has 0 fully saturated rings. The van der Waals surface area contributed by atoms with Crippen molar-refractivity contribution >= 4 is 45.6 Å². The molecule has 2 amide bonds. The van der Waals surface area contributed by atoms with Crippen LogP contribution in [-0.4, -0.2) is 51.6 Å². The summed E-state index contributed by atoms with van der Waals surface area (Å²) in [6.07, 6.45) is 5.01. The number of hydrogen-bond acceptors (Lipinski definition) is 7. The maximum atomic E-state index is 13.7. The van der Waals surface area contributed by atoms with Crippen molar-refractivity contribution < 1.29 is 23.1 Å². The molecule has 0 saturated carbocycles. The molecule has 10 nitrogen and oxygen atoms in total. The molecule has 202 valence electrons. The molecule has 0 aliphatic carbocycles. The van der Waals surface area contributed by atoms with E-state index in [1.807, 2.05) is 48.1 Å². The molecule has 2 N–H and O–H groups in total. The van der Waals surface area contributed by atoms with Gasteiger partial charge in [-0.15, -0.1) is 0 Å². The van der Waals surface area contributed by atoms with Crippen LogP contribution in [0.3, 0.4) is 0 Å². The van der Waals surface area contributed by atoms with Crippen LogP contribution in [0.25, 0.3) is 22.2 Å². The minimum atomic E-state index is -1.88. The molecule has 0 saturated heterocycles. The lowest BCUT2D eigenvalue weighted by atomic mass is 9.94. The van der Waals surface area contributed by atoms with Crippen molar-refractivity contribution in [2.75, 3.05) is 11.1 Å². The smallest absolute Gasteiger partial charge is 0.417 e. The van der Waals surface area contributed by atoms with Crippen LogP contribution in [0.5, 0.6) is 0 Å². The van der Waals surface area contributed by atoms with Crippen molar-refractivity contribution in [3.8, 4) is 11.1 Å². The zero-order valence-electron chi connectivity index (χ0n) is 22.1. The molecule has 5 rings (SSSR count). The van der Waals surface area contributed by atoms with Crippen LogP contribution in [0.4, 0.5) is 16.3 Å². The van der Waals surface area contributed by atoms with E-state index in [4.69, 9.17) is 9.29 Å². The normalized spacial score (nSPS) is 14.0. The van der Waals surface area contributed by atoms with Gasteiger partial charge in [0.25, 0.3) is 5.91 Å². The maximum absolute atomic E-state index is 13.7. The Bertz CT molecular complexity index is 1610. The van der Waals surface area contributed by atoms with E-state index in [0.29, 0.717) is 29.1 Å².